The van der Waals surface area contributed by atoms with Crippen molar-refractivity contribution >= 4 is 0 Å². The monoisotopic (exact) mass is 265 g/mol. The lowest BCUT2D eigenvalue weighted by Gasteiger charge is -2.21. The van der Waals surface area contributed by atoms with Crippen molar-refractivity contribution in [1.29, 1.82) is 0 Å². The van der Waals surface area contributed by atoms with Crippen molar-refractivity contribution in [1.82, 2.24) is 5.32 Å². The number of nitrogens with one attached hydrogen (secondary N) is 1. The largest absolute Gasteiger partial charge is 0.486 e. The highest BCUT2D eigenvalue weighted by Gasteiger charge is 2.14. The molecule has 0 atom stereocenters. The second-order valence-electron chi connectivity index (χ2n) is 4.58. The van der Waals surface area contributed by atoms with Gasteiger partial charge in [0.05, 0.1) is 6.61 Å². The van der Waals surface area contributed by atoms with Crippen LogP contribution in [0.2, 0.25) is 0 Å². The van der Waals surface area contributed by atoms with Gasteiger partial charge in [-0.3, -0.25) is 0 Å². The van der Waals surface area contributed by atoms with Gasteiger partial charge in [-0.1, -0.05) is 25.5 Å². The molecule has 19 heavy (non-hydrogen) atoms. The molecule has 0 amide bonds. The minimum Gasteiger partial charge on any atom is -0.486 e. The van der Waals surface area contributed by atoms with Crippen molar-refractivity contribution in [2.75, 3.05) is 33.0 Å². The minimum atomic E-state index is 0.629. The maximum absolute atomic E-state index is 5.67. The van der Waals surface area contributed by atoms with Gasteiger partial charge in [-0.15, -0.1) is 0 Å². The van der Waals surface area contributed by atoms with Crippen LogP contribution in [0.25, 0.3) is 0 Å². The normalized spacial score (nSPS) is 13.5. The average Bonchev–Trinajstić information content (AvgIpc) is 2.46. The molecule has 0 unspecified atom stereocenters. The van der Waals surface area contributed by atoms with Crippen molar-refractivity contribution in [3.8, 4) is 11.5 Å². The van der Waals surface area contributed by atoms with Crippen LogP contribution in [0.5, 0.6) is 11.5 Å². The zero-order valence-electron chi connectivity index (χ0n) is 11.6. The van der Waals surface area contributed by atoms with Crippen LogP contribution < -0.4 is 14.8 Å². The number of hydrogen-bond acceptors (Lipinski definition) is 4. The van der Waals surface area contributed by atoms with E-state index >= 15 is 0 Å². The van der Waals surface area contributed by atoms with Crippen LogP contribution in [0.1, 0.15) is 25.3 Å². The van der Waals surface area contributed by atoms with Crippen LogP contribution in [0, 0.1) is 0 Å². The lowest BCUT2D eigenvalue weighted by molar-refractivity contribution is 0.132. The first-order chi connectivity index (χ1) is 9.42. The number of unbranched alkanes of at least 4 members (excludes halogenated alkanes) is 1. The Morgan fingerprint density at radius 3 is 3.00 bits per heavy atom. The van der Waals surface area contributed by atoms with Crippen molar-refractivity contribution in [3.05, 3.63) is 23.8 Å². The van der Waals surface area contributed by atoms with E-state index in [0.717, 1.165) is 49.8 Å². The van der Waals surface area contributed by atoms with Crippen LogP contribution in [-0.4, -0.2) is 33.0 Å². The highest BCUT2D eigenvalue weighted by atomic mass is 16.6. The third-order valence-corrected chi connectivity index (χ3v) is 3.03. The summed E-state index contributed by atoms with van der Waals surface area (Å²) in [6, 6.07) is 6.02. The van der Waals surface area contributed by atoms with E-state index < -0.39 is 0 Å². The molecule has 1 N–H and O–H groups in total. The van der Waals surface area contributed by atoms with Gasteiger partial charge < -0.3 is 19.5 Å². The minimum absolute atomic E-state index is 0.629. The Morgan fingerprint density at radius 1 is 1.21 bits per heavy atom. The Hall–Kier alpha value is -1.26. The van der Waals surface area contributed by atoms with Gasteiger partial charge in [-0.2, -0.15) is 0 Å². The summed E-state index contributed by atoms with van der Waals surface area (Å²) < 4.78 is 16.7. The molecule has 1 aliphatic heterocycles. The standard InChI is InChI=1S/C15H23NO3/c1-2-3-8-17-9-7-16-12-13-5-4-6-14-15(13)19-11-10-18-14/h4-6,16H,2-3,7-12H2,1H3. The Kier molecular flexibility index (Phi) is 5.98. The molecule has 0 spiro atoms. The van der Waals surface area contributed by atoms with Gasteiger partial charge in [0.1, 0.15) is 13.2 Å². The summed E-state index contributed by atoms with van der Waals surface area (Å²) in [6.07, 6.45) is 2.32. The van der Waals surface area contributed by atoms with Crippen LogP contribution in [-0.2, 0) is 11.3 Å². The first-order valence-corrected chi connectivity index (χ1v) is 7.07. The van der Waals surface area contributed by atoms with Gasteiger partial charge in [-0.25, -0.2) is 0 Å². The fourth-order valence-electron chi connectivity index (χ4n) is 1.99. The number of para-hydroxylation sites is 1. The molecule has 4 heteroatoms. The van der Waals surface area contributed by atoms with Gasteiger partial charge in [-0.05, 0) is 12.5 Å². The van der Waals surface area contributed by atoms with Crippen LogP contribution >= 0.6 is 0 Å². The van der Waals surface area contributed by atoms with Gasteiger partial charge in [0.15, 0.2) is 11.5 Å². The Labute approximate surface area is 115 Å². The van der Waals surface area contributed by atoms with Gasteiger partial charge in [0.25, 0.3) is 0 Å². The summed E-state index contributed by atoms with van der Waals surface area (Å²) in [5.41, 5.74) is 1.14. The maximum Gasteiger partial charge on any atom is 0.165 e. The van der Waals surface area contributed by atoms with E-state index in [2.05, 4.69) is 18.3 Å². The predicted molar refractivity (Wildman–Crippen MR) is 74.9 cm³/mol. The molecular formula is C15H23NO3. The first kappa shape index (κ1) is 14.2. The summed E-state index contributed by atoms with van der Waals surface area (Å²) in [7, 11) is 0. The van der Waals surface area contributed by atoms with Gasteiger partial charge >= 0.3 is 0 Å². The summed E-state index contributed by atoms with van der Waals surface area (Å²) >= 11 is 0. The van der Waals surface area contributed by atoms with Gasteiger partial charge in [0, 0.05) is 25.3 Å². The summed E-state index contributed by atoms with van der Waals surface area (Å²) in [5, 5.41) is 3.37. The second-order valence-corrected chi connectivity index (χ2v) is 4.58. The van der Waals surface area contributed by atoms with Crippen molar-refractivity contribution in [3.63, 3.8) is 0 Å². The number of hydrogen-bond donors (Lipinski definition) is 1. The zero-order chi connectivity index (χ0) is 13.3. The maximum atomic E-state index is 5.67. The number of rotatable bonds is 8. The lowest BCUT2D eigenvalue weighted by atomic mass is 10.1. The summed E-state index contributed by atoms with van der Waals surface area (Å²) in [6.45, 7) is 6.68. The highest BCUT2D eigenvalue weighted by molar-refractivity contribution is 5.47. The molecular weight excluding hydrogens is 242 g/mol. The molecule has 0 radical (unpaired) electrons. The van der Waals surface area contributed by atoms with Crippen LogP contribution in [0.15, 0.2) is 18.2 Å². The van der Waals surface area contributed by atoms with Crippen LogP contribution in [0.4, 0.5) is 0 Å². The summed E-state index contributed by atoms with van der Waals surface area (Å²) in [5.74, 6) is 1.73. The number of ether oxygens (including phenoxy) is 3. The molecule has 2 rings (SSSR count). The molecule has 106 valence electrons. The highest BCUT2D eigenvalue weighted by Crippen LogP contribution is 2.33. The molecule has 4 nitrogen and oxygen atoms in total. The first-order valence-electron chi connectivity index (χ1n) is 7.07. The van der Waals surface area contributed by atoms with E-state index in [0.29, 0.717) is 13.2 Å². The number of benzene rings is 1. The fourth-order valence-corrected chi connectivity index (χ4v) is 1.99. The smallest absolute Gasteiger partial charge is 0.165 e. The molecule has 0 saturated heterocycles. The molecule has 1 aromatic carbocycles. The van der Waals surface area contributed by atoms with Crippen LogP contribution in [0.3, 0.4) is 0 Å². The third kappa shape index (κ3) is 4.40. The van der Waals surface area contributed by atoms with E-state index in [1.165, 1.54) is 6.42 Å². The molecule has 0 aliphatic carbocycles. The Bertz CT molecular complexity index is 382. The Morgan fingerprint density at radius 2 is 2.11 bits per heavy atom. The topological polar surface area (TPSA) is 39.7 Å². The third-order valence-electron chi connectivity index (χ3n) is 3.03. The fraction of sp³-hybridized carbons (Fsp3) is 0.600. The molecule has 1 aliphatic rings. The molecule has 0 aromatic heterocycles. The Balaban J connectivity index is 1.71. The van der Waals surface area contributed by atoms with Crippen molar-refractivity contribution in [2.45, 2.75) is 26.3 Å². The average molecular weight is 265 g/mol. The molecule has 0 saturated carbocycles. The molecule has 1 aromatic rings. The van der Waals surface area contributed by atoms with E-state index in [4.69, 9.17) is 14.2 Å². The molecule has 0 bridgehead atoms. The second kappa shape index (κ2) is 8.02. The van der Waals surface area contributed by atoms with E-state index in [1.807, 2.05) is 12.1 Å². The van der Waals surface area contributed by atoms with Crippen molar-refractivity contribution in [2.24, 2.45) is 0 Å². The predicted octanol–water partition coefficient (Wildman–Crippen LogP) is 2.36. The number of fused-ring (bicyclic) bond motifs is 1. The van der Waals surface area contributed by atoms with Gasteiger partial charge in [0.2, 0.25) is 0 Å². The molecule has 1 heterocycles. The van der Waals surface area contributed by atoms with E-state index in [9.17, 15) is 0 Å². The SMILES string of the molecule is CCCCOCCNCc1cccc2c1OCCO2. The molecule has 0 fully saturated rings. The summed E-state index contributed by atoms with van der Waals surface area (Å²) in [4.78, 5) is 0. The van der Waals surface area contributed by atoms with E-state index in [1.54, 1.807) is 0 Å². The zero-order valence-corrected chi connectivity index (χ0v) is 11.6. The van der Waals surface area contributed by atoms with Crippen molar-refractivity contribution < 1.29 is 14.2 Å². The lowest BCUT2D eigenvalue weighted by Crippen LogP contribution is -2.22. The van der Waals surface area contributed by atoms with E-state index in [-0.39, 0.29) is 0 Å². The quantitative estimate of drug-likeness (QED) is 0.733.